The average molecular weight is 314 g/mol. The summed E-state index contributed by atoms with van der Waals surface area (Å²) in [5.41, 5.74) is 0.218. The Hall–Kier alpha value is -1.35. The molecule has 9 heteroatoms. The van der Waals surface area contributed by atoms with Gasteiger partial charge < -0.3 is 4.98 Å². The first kappa shape index (κ1) is 13.6. The van der Waals surface area contributed by atoms with Crippen LogP contribution in [-0.2, 0) is 9.84 Å². The number of nitrogens with zero attached hydrogens (tertiary/aromatic N) is 2. The van der Waals surface area contributed by atoms with Crippen molar-refractivity contribution in [3.8, 4) is 0 Å². The van der Waals surface area contributed by atoms with Crippen LogP contribution in [-0.4, -0.2) is 45.8 Å². The third-order valence-corrected chi connectivity index (χ3v) is 6.31. The maximum absolute atomic E-state index is 11.8. The molecule has 0 aliphatic carbocycles. The number of aromatic amines is 2. The second kappa shape index (κ2) is 5.21. The number of rotatable bonds is 3. The lowest BCUT2D eigenvalue weighted by Gasteiger charge is -2.20. The molecule has 2 aromatic heterocycles. The number of hydrogen-bond donors (Lipinski definition) is 2. The van der Waals surface area contributed by atoms with Gasteiger partial charge in [0.2, 0.25) is 0 Å². The minimum absolute atomic E-state index is 0.126. The number of H-pyrrole nitrogens is 2. The molecule has 1 atom stereocenters. The van der Waals surface area contributed by atoms with E-state index in [4.69, 9.17) is 0 Å². The molecule has 2 aromatic rings. The van der Waals surface area contributed by atoms with Gasteiger partial charge in [-0.15, -0.1) is 0 Å². The highest BCUT2D eigenvalue weighted by atomic mass is 32.2. The van der Waals surface area contributed by atoms with Gasteiger partial charge in [0.1, 0.15) is 5.39 Å². The summed E-state index contributed by atoms with van der Waals surface area (Å²) in [5.74, 6) is 1.29. The van der Waals surface area contributed by atoms with E-state index in [1.54, 1.807) is 0 Å². The lowest BCUT2D eigenvalue weighted by Crippen LogP contribution is -2.26. The van der Waals surface area contributed by atoms with Crippen molar-refractivity contribution in [2.75, 3.05) is 17.3 Å². The monoisotopic (exact) mass is 314 g/mol. The van der Waals surface area contributed by atoms with Crippen molar-refractivity contribution in [3.05, 3.63) is 16.6 Å². The fraction of sp³-hybridized carbons (Fsp3) is 0.545. The average Bonchev–Trinajstić information content (AvgIpc) is 2.84. The van der Waals surface area contributed by atoms with Gasteiger partial charge in [0.05, 0.1) is 17.7 Å². The Labute approximate surface area is 119 Å². The van der Waals surface area contributed by atoms with Crippen LogP contribution in [0.5, 0.6) is 0 Å². The van der Waals surface area contributed by atoms with Crippen LogP contribution in [0.25, 0.3) is 11.0 Å². The molecule has 0 aromatic carbocycles. The summed E-state index contributed by atoms with van der Waals surface area (Å²) in [6.07, 6.45) is 3.06. The predicted molar refractivity (Wildman–Crippen MR) is 76.6 cm³/mol. The van der Waals surface area contributed by atoms with E-state index in [0.29, 0.717) is 27.7 Å². The topological polar surface area (TPSA) is 109 Å². The first-order chi connectivity index (χ1) is 9.53. The van der Waals surface area contributed by atoms with E-state index in [1.807, 2.05) is 0 Å². The molecule has 0 radical (unpaired) electrons. The van der Waals surface area contributed by atoms with Crippen LogP contribution in [0, 0.1) is 5.92 Å². The quantitative estimate of drug-likeness (QED) is 0.633. The fourth-order valence-electron chi connectivity index (χ4n) is 2.34. The van der Waals surface area contributed by atoms with Gasteiger partial charge >= 0.3 is 0 Å². The van der Waals surface area contributed by atoms with Gasteiger partial charge in [-0.3, -0.25) is 9.89 Å². The molecule has 1 saturated heterocycles. The van der Waals surface area contributed by atoms with E-state index < -0.39 is 9.84 Å². The van der Waals surface area contributed by atoms with Crippen molar-refractivity contribution in [1.29, 1.82) is 0 Å². The number of thioether (sulfide) groups is 1. The largest absolute Gasteiger partial charge is 0.301 e. The minimum Gasteiger partial charge on any atom is -0.301 e. The van der Waals surface area contributed by atoms with Gasteiger partial charge in [0.15, 0.2) is 20.6 Å². The zero-order valence-electron chi connectivity index (χ0n) is 10.6. The normalized spacial score (nSPS) is 22.1. The number of hydrogen-bond acceptors (Lipinski definition) is 6. The summed E-state index contributed by atoms with van der Waals surface area (Å²) in [5, 5.41) is 7.36. The van der Waals surface area contributed by atoms with E-state index in [0.717, 1.165) is 12.8 Å². The Morgan fingerprint density at radius 2 is 2.30 bits per heavy atom. The van der Waals surface area contributed by atoms with Crippen LogP contribution < -0.4 is 5.56 Å². The summed E-state index contributed by atoms with van der Waals surface area (Å²) in [6.45, 7) is 0. The molecule has 1 aliphatic heterocycles. The number of fused-ring (bicyclic) bond motifs is 1. The van der Waals surface area contributed by atoms with Gasteiger partial charge in [-0.1, -0.05) is 11.8 Å². The van der Waals surface area contributed by atoms with Crippen molar-refractivity contribution in [3.63, 3.8) is 0 Å². The third-order valence-electron chi connectivity index (χ3n) is 3.31. The summed E-state index contributed by atoms with van der Waals surface area (Å²) < 4.78 is 23.1. The Bertz CT molecular complexity index is 780. The Morgan fingerprint density at radius 3 is 3.10 bits per heavy atom. The van der Waals surface area contributed by atoms with Gasteiger partial charge in [-0.25, -0.2) is 13.4 Å². The molecule has 1 unspecified atom stereocenters. The molecular weight excluding hydrogens is 300 g/mol. The lowest BCUT2D eigenvalue weighted by atomic mass is 10.1. The van der Waals surface area contributed by atoms with Crippen LogP contribution in [0.15, 0.2) is 16.1 Å². The number of nitrogens with one attached hydrogen (secondary N) is 2. The zero-order chi connectivity index (χ0) is 14.2. The number of aromatic nitrogens is 4. The van der Waals surface area contributed by atoms with E-state index >= 15 is 0 Å². The molecule has 7 nitrogen and oxygen atoms in total. The van der Waals surface area contributed by atoms with Crippen LogP contribution >= 0.6 is 11.8 Å². The number of sulfone groups is 1. The predicted octanol–water partition coefficient (Wildman–Crippen LogP) is 0.563. The second-order valence-corrected chi connectivity index (χ2v) is 8.17. The highest BCUT2D eigenvalue weighted by Gasteiger charge is 2.24. The lowest BCUT2D eigenvalue weighted by molar-refractivity contribution is 0.520. The molecule has 0 amide bonds. The van der Waals surface area contributed by atoms with Gasteiger partial charge in [0.25, 0.3) is 5.56 Å². The highest BCUT2D eigenvalue weighted by Crippen LogP contribution is 2.25. The van der Waals surface area contributed by atoms with Gasteiger partial charge in [-0.05, 0) is 18.8 Å². The van der Waals surface area contributed by atoms with Crippen LogP contribution in [0.1, 0.15) is 12.8 Å². The zero-order valence-corrected chi connectivity index (χ0v) is 12.3. The SMILES string of the molecule is O=c1[nH]c(SCC2CCCS(=O)(=O)C2)nc2[nH]ncc12. The van der Waals surface area contributed by atoms with E-state index in [2.05, 4.69) is 20.2 Å². The molecule has 108 valence electrons. The molecule has 3 rings (SSSR count). The summed E-state index contributed by atoms with van der Waals surface area (Å²) in [6, 6.07) is 0. The maximum Gasteiger partial charge on any atom is 0.262 e. The van der Waals surface area contributed by atoms with E-state index in [1.165, 1.54) is 18.0 Å². The van der Waals surface area contributed by atoms with Gasteiger partial charge in [0, 0.05) is 5.75 Å². The molecule has 2 N–H and O–H groups in total. The first-order valence-corrected chi connectivity index (χ1v) is 9.11. The molecule has 0 spiro atoms. The van der Waals surface area contributed by atoms with E-state index in [9.17, 15) is 13.2 Å². The molecule has 0 bridgehead atoms. The molecule has 1 aliphatic rings. The first-order valence-electron chi connectivity index (χ1n) is 6.30. The van der Waals surface area contributed by atoms with Crippen LogP contribution in [0.3, 0.4) is 0 Å². The molecule has 0 saturated carbocycles. The second-order valence-electron chi connectivity index (χ2n) is 4.94. The third kappa shape index (κ3) is 2.88. The fourth-order valence-corrected chi connectivity index (χ4v) is 5.26. The standard InChI is InChI=1S/C11H14N4O3S2/c16-10-8-4-12-15-9(8)13-11(14-10)19-5-7-2-1-3-20(17,18)6-7/h4,7H,1-3,5-6H2,(H2,12,13,14,15,16). The van der Waals surface area contributed by atoms with Gasteiger partial charge in [-0.2, -0.15) is 5.10 Å². The Kier molecular flexibility index (Phi) is 3.55. The van der Waals surface area contributed by atoms with E-state index in [-0.39, 0.29) is 17.2 Å². The van der Waals surface area contributed by atoms with Crippen molar-refractivity contribution in [2.45, 2.75) is 18.0 Å². The summed E-state index contributed by atoms with van der Waals surface area (Å²) in [7, 11) is -2.89. The van der Waals surface area contributed by atoms with Crippen molar-refractivity contribution in [2.24, 2.45) is 5.92 Å². The summed E-state index contributed by atoms with van der Waals surface area (Å²) >= 11 is 1.38. The Balaban J connectivity index is 1.72. The molecule has 20 heavy (non-hydrogen) atoms. The maximum atomic E-state index is 11.8. The smallest absolute Gasteiger partial charge is 0.262 e. The molecular formula is C11H14N4O3S2. The Morgan fingerprint density at radius 1 is 1.45 bits per heavy atom. The van der Waals surface area contributed by atoms with Crippen molar-refractivity contribution >= 4 is 32.6 Å². The summed E-state index contributed by atoms with van der Waals surface area (Å²) in [4.78, 5) is 18.7. The highest BCUT2D eigenvalue weighted by molar-refractivity contribution is 7.99. The molecule has 1 fully saturated rings. The minimum atomic E-state index is -2.89. The van der Waals surface area contributed by atoms with Crippen LogP contribution in [0.4, 0.5) is 0 Å². The van der Waals surface area contributed by atoms with Crippen molar-refractivity contribution < 1.29 is 8.42 Å². The molecule has 3 heterocycles. The van der Waals surface area contributed by atoms with Crippen LogP contribution in [0.2, 0.25) is 0 Å². The van der Waals surface area contributed by atoms with Crippen molar-refractivity contribution in [1.82, 2.24) is 20.2 Å².